The van der Waals surface area contributed by atoms with E-state index < -0.39 is 0 Å². The molecule has 0 saturated carbocycles. The molecule has 3 rings (SSSR count). The number of benzene rings is 2. The van der Waals surface area contributed by atoms with Crippen molar-refractivity contribution in [2.24, 2.45) is 0 Å². The first-order chi connectivity index (χ1) is 13.2. The summed E-state index contributed by atoms with van der Waals surface area (Å²) in [7, 11) is 0. The van der Waals surface area contributed by atoms with E-state index in [9.17, 15) is 0 Å². The number of aromatic nitrogens is 4. The van der Waals surface area contributed by atoms with Crippen molar-refractivity contribution in [1.82, 2.24) is 20.2 Å². The number of hydrogen-bond acceptors (Lipinski definition) is 6. The fourth-order valence-corrected chi connectivity index (χ4v) is 3.15. The van der Waals surface area contributed by atoms with Gasteiger partial charge in [-0.1, -0.05) is 41.9 Å². The highest BCUT2D eigenvalue weighted by Gasteiger charge is 2.13. The second-order valence-corrected chi connectivity index (χ2v) is 6.60. The fourth-order valence-electron chi connectivity index (χ4n) is 2.13. The first kappa shape index (κ1) is 18.4. The molecule has 0 saturated heterocycles. The summed E-state index contributed by atoms with van der Waals surface area (Å²) in [6.45, 7) is 0. The zero-order valence-electron chi connectivity index (χ0n) is 13.8. The Labute approximate surface area is 165 Å². The molecule has 0 radical (unpaired) electrons. The van der Waals surface area contributed by atoms with Crippen molar-refractivity contribution in [3.05, 3.63) is 82.9 Å². The Kier molecular flexibility index (Phi) is 6.01. The van der Waals surface area contributed by atoms with E-state index in [1.54, 1.807) is 22.9 Å². The maximum absolute atomic E-state index is 8.96. The second-order valence-electron chi connectivity index (χ2n) is 5.15. The van der Waals surface area contributed by atoms with Gasteiger partial charge < -0.3 is 0 Å². The van der Waals surface area contributed by atoms with Crippen molar-refractivity contribution in [3.8, 4) is 17.8 Å². The number of para-hydroxylation sites is 1. The predicted octanol–water partition coefficient (Wildman–Crippen LogP) is 4.42. The Bertz CT molecular complexity index is 1060. The van der Waals surface area contributed by atoms with Crippen LogP contribution in [0.5, 0.6) is 0 Å². The normalized spacial score (nSPS) is 10.7. The van der Waals surface area contributed by atoms with Gasteiger partial charge in [0.25, 0.3) is 0 Å². The van der Waals surface area contributed by atoms with Crippen molar-refractivity contribution in [2.45, 2.75) is 5.16 Å². The molecule has 1 heterocycles. The van der Waals surface area contributed by atoms with E-state index in [0.717, 1.165) is 16.2 Å². The summed E-state index contributed by atoms with van der Waals surface area (Å²) in [5.41, 5.74) is 1.69. The molecule has 0 aliphatic carbocycles. The van der Waals surface area contributed by atoms with Gasteiger partial charge in [0.05, 0.1) is 5.69 Å². The topological polar surface area (TPSA) is 91.2 Å². The third-order valence-electron chi connectivity index (χ3n) is 3.41. The minimum absolute atomic E-state index is 0.00437. The lowest BCUT2D eigenvalue weighted by Crippen LogP contribution is -1.98. The smallest absolute Gasteiger partial charge is 0.192 e. The van der Waals surface area contributed by atoms with Crippen molar-refractivity contribution < 1.29 is 0 Å². The summed E-state index contributed by atoms with van der Waals surface area (Å²) in [5, 5.41) is 31.0. The highest BCUT2D eigenvalue weighted by Crippen LogP contribution is 2.34. The summed E-state index contributed by atoms with van der Waals surface area (Å²) >= 11 is 7.30. The third kappa shape index (κ3) is 4.62. The number of allylic oxidation sites excluding steroid dienone is 3. The molecule has 0 amide bonds. The van der Waals surface area contributed by atoms with Crippen LogP contribution in [-0.2, 0) is 0 Å². The lowest BCUT2D eigenvalue weighted by Gasteiger charge is -2.08. The molecule has 0 unspecified atom stereocenters. The van der Waals surface area contributed by atoms with Gasteiger partial charge in [-0.2, -0.15) is 15.2 Å². The van der Waals surface area contributed by atoms with Gasteiger partial charge in [-0.15, -0.1) is 5.10 Å². The number of tetrazole rings is 1. The van der Waals surface area contributed by atoms with Crippen LogP contribution < -0.4 is 0 Å². The van der Waals surface area contributed by atoms with Crippen LogP contribution in [0.4, 0.5) is 0 Å². The van der Waals surface area contributed by atoms with Crippen LogP contribution >= 0.6 is 23.4 Å². The van der Waals surface area contributed by atoms with Crippen LogP contribution in [0.2, 0.25) is 5.02 Å². The van der Waals surface area contributed by atoms with Crippen molar-refractivity contribution >= 4 is 28.3 Å². The van der Waals surface area contributed by atoms with Crippen LogP contribution in [0.1, 0.15) is 5.56 Å². The zero-order chi connectivity index (χ0) is 19.1. The quantitative estimate of drug-likeness (QED) is 0.363. The average Bonchev–Trinajstić information content (AvgIpc) is 3.17. The van der Waals surface area contributed by atoms with Gasteiger partial charge in [0.2, 0.25) is 5.16 Å². The summed E-state index contributed by atoms with van der Waals surface area (Å²) in [4.78, 5) is 0.765. The summed E-state index contributed by atoms with van der Waals surface area (Å²) < 4.78 is 1.62. The fraction of sp³-hybridized carbons (Fsp3) is 0. The number of halogens is 1. The van der Waals surface area contributed by atoms with E-state index in [2.05, 4.69) is 15.5 Å². The lowest BCUT2D eigenvalue weighted by atomic mass is 10.2. The highest BCUT2D eigenvalue weighted by atomic mass is 35.5. The van der Waals surface area contributed by atoms with Crippen LogP contribution in [0.15, 0.2) is 77.5 Å². The molecular weight excluding hydrogens is 380 g/mol. The number of nitrogens with zero attached hydrogens (tertiary/aromatic N) is 6. The molecule has 0 spiro atoms. The molecule has 27 heavy (non-hydrogen) atoms. The molecule has 1 aromatic heterocycles. The zero-order valence-corrected chi connectivity index (χ0v) is 15.4. The SMILES string of the molecule is N#CC(C#N)=CC=C(Sc1nnnn1-c1ccccc1)c1ccc(Cl)cc1. The monoisotopic (exact) mass is 390 g/mol. The van der Waals surface area contributed by atoms with Crippen LogP contribution in [0, 0.1) is 22.7 Å². The van der Waals surface area contributed by atoms with E-state index in [4.69, 9.17) is 22.1 Å². The number of rotatable bonds is 5. The van der Waals surface area contributed by atoms with E-state index in [-0.39, 0.29) is 5.57 Å². The Balaban J connectivity index is 2.01. The summed E-state index contributed by atoms with van der Waals surface area (Å²) in [5.74, 6) is 0. The van der Waals surface area contributed by atoms with Crippen molar-refractivity contribution in [1.29, 1.82) is 10.5 Å². The number of thioether (sulfide) groups is 1. The van der Waals surface area contributed by atoms with E-state index in [1.807, 2.05) is 54.6 Å². The molecule has 0 atom stereocenters. The van der Waals surface area contributed by atoms with Crippen LogP contribution in [0.25, 0.3) is 10.6 Å². The van der Waals surface area contributed by atoms with Crippen LogP contribution in [0.3, 0.4) is 0 Å². The molecule has 6 nitrogen and oxygen atoms in total. The third-order valence-corrected chi connectivity index (χ3v) is 4.69. The first-order valence-electron chi connectivity index (χ1n) is 7.71. The van der Waals surface area contributed by atoms with Crippen molar-refractivity contribution in [2.75, 3.05) is 0 Å². The van der Waals surface area contributed by atoms with Crippen molar-refractivity contribution in [3.63, 3.8) is 0 Å². The first-order valence-corrected chi connectivity index (χ1v) is 8.90. The minimum atomic E-state index is 0.00437. The van der Waals surface area contributed by atoms with Gasteiger partial charge in [0, 0.05) is 9.93 Å². The van der Waals surface area contributed by atoms with Gasteiger partial charge in [-0.25, -0.2) is 0 Å². The Morgan fingerprint density at radius 1 is 1.00 bits per heavy atom. The molecule has 0 aliphatic rings. The largest absolute Gasteiger partial charge is 0.218 e. The molecule has 130 valence electrons. The van der Waals surface area contributed by atoms with E-state index in [1.165, 1.54) is 17.8 Å². The molecule has 2 aromatic carbocycles. The Morgan fingerprint density at radius 3 is 2.37 bits per heavy atom. The highest BCUT2D eigenvalue weighted by molar-refractivity contribution is 8.08. The predicted molar refractivity (Wildman–Crippen MR) is 104 cm³/mol. The second kappa shape index (κ2) is 8.81. The number of hydrogen-bond donors (Lipinski definition) is 0. The molecule has 8 heteroatoms. The average molecular weight is 391 g/mol. The number of nitriles is 2. The maximum Gasteiger partial charge on any atom is 0.218 e. The van der Waals surface area contributed by atoms with Gasteiger partial charge in [0.1, 0.15) is 17.7 Å². The van der Waals surface area contributed by atoms with Gasteiger partial charge >= 0.3 is 0 Å². The molecule has 0 N–H and O–H groups in total. The summed E-state index contributed by atoms with van der Waals surface area (Å²) in [6.07, 6.45) is 3.16. The molecule has 0 aliphatic heterocycles. The van der Waals surface area contributed by atoms with E-state index in [0.29, 0.717) is 10.2 Å². The molecular formula is C19H11ClN6S. The minimum Gasteiger partial charge on any atom is -0.192 e. The molecule has 0 bridgehead atoms. The van der Waals surface area contributed by atoms with Gasteiger partial charge in [-0.05, 0) is 64.2 Å². The van der Waals surface area contributed by atoms with Gasteiger partial charge in [-0.3, -0.25) is 0 Å². The molecule has 3 aromatic rings. The van der Waals surface area contributed by atoms with Crippen LogP contribution in [-0.4, -0.2) is 20.2 Å². The summed E-state index contributed by atoms with van der Waals surface area (Å²) in [6, 6.07) is 20.4. The standard InChI is InChI=1S/C19H11ClN6S/c20-16-9-7-15(8-10-16)18(11-6-14(12-21)13-22)27-19-23-24-25-26(19)17-4-2-1-3-5-17/h1-11H. The van der Waals surface area contributed by atoms with E-state index >= 15 is 0 Å². The molecule has 0 fully saturated rings. The maximum atomic E-state index is 8.96. The van der Waals surface area contributed by atoms with Gasteiger partial charge in [0.15, 0.2) is 0 Å². The Hall–Kier alpha value is -3.39. The lowest BCUT2D eigenvalue weighted by molar-refractivity contribution is 0.757. The Morgan fingerprint density at radius 2 is 1.70 bits per heavy atom.